The summed E-state index contributed by atoms with van der Waals surface area (Å²) >= 11 is 0. The zero-order valence-corrected chi connectivity index (χ0v) is 15.8. The van der Waals surface area contributed by atoms with Crippen LogP contribution in [0.2, 0.25) is 0 Å². The Morgan fingerprint density at radius 3 is 2.64 bits per heavy atom. The van der Waals surface area contributed by atoms with Gasteiger partial charge in [0.2, 0.25) is 0 Å². The van der Waals surface area contributed by atoms with E-state index in [0.29, 0.717) is 49.8 Å². The van der Waals surface area contributed by atoms with E-state index in [2.05, 4.69) is 20.9 Å². The molecule has 3 aliphatic rings. The maximum Gasteiger partial charge on any atom is 0.251 e. The van der Waals surface area contributed by atoms with Crippen molar-refractivity contribution in [3.05, 3.63) is 40.6 Å². The van der Waals surface area contributed by atoms with Crippen molar-refractivity contribution >= 4 is 5.82 Å². The maximum atomic E-state index is 12.8. The van der Waals surface area contributed by atoms with E-state index in [1.165, 1.54) is 6.33 Å². The zero-order chi connectivity index (χ0) is 19.1. The van der Waals surface area contributed by atoms with E-state index in [9.17, 15) is 4.79 Å². The SMILES string of the molecule is Nc1cc(-c2cc3n(c(=O)c2)C[C@H]2C[C@@H]3CN(C3COCCOC3)C2)ncn1. The first-order valence-electron chi connectivity index (χ1n) is 9.89. The van der Waals surface area contributed by atoms with Gasteiger partial charge in [-0.1, -0.05) is 0 Å². The first-order chi connectivity index (χ1) is 13.7. The molecule has 2 fully saturated rings. The fraction of sp³-hybridized carbons (Fsp3) is 0.550. The van der Waals surface area contributed by atoms with E-state index >= 15 is 0 Å². The lowest BCUT2D eigenvalue weighted by molar-refractivity contribution is 0.0234. The smallest absolute Gasteiger partial charge is 0.251 e. The molecular weight excluding hydrogens is 358 g/mol. The summed E-state index contributed by atoms with van der Waals surface area (Å²) in [7, 11) is 0. The van der Waals surface area contributed by atoms with Crippen LogP contribution < -0.4 is 11.3 Å². The normalized spacial score (nSPS) is 25.9. The molecule has 28 heavy (non-hydrogen) atoms. The molecule has 2 aromatic heterocycles. The lowest BCUT2D eigenvalue weighted by atomic mass is 9.82. The van der Waals surface area contributed by atoms with Crippen LogP contribution in [-0.2, 0) is 16.0 Å². The van der Waals surface area contributed by atoms with E-state index in [0.717, 1.165) is 37.3 Å². The van der Waals surface area contributed by atoms with Gasteiger partial charge in [-0.25, -0.2) is 9.97 Å². The highest BCUT2D eigenvalue weighted by Gasteiger charge is 2.37. The molecule has 8 nitrogen and oxygen atoms in total. The van der Waals surface area contributed by atoms with Crippen molar-refractivity contribution in [2.75, 3.05) is 45.3 Å². The number of pyridine rings is 1. The monoisotopic (exact) mass is 383 g/mol. The minimum Gasteiger partial charge on any atom is -0.384 e. The number of ether oxygens (including phenoxy) is 2. The number of nitrogens with two attached hydrogens (primary N) is 1. The van der Waals surface area contributed by atoms with Crippen LogP contribution in [0.25, 0.3) is 11.3 Å². The Morgan fingerprint density at radius 2 is 1.86 bits per heavy atom. The molecular formula is C20H25N5O3. The van der Waals surface area contributed by atoms with Gasteiger partial charge in [0.1, 0.15) is 12.1 Å². The van der Waals surface area contributed by atoms with Crippen LogP contribution in [0.3, 0.4) is 0 Å². The van der Waals surface area contributed by atoms with Gasteiger partial charge < -0.3 is 19.8 Å². The van der Waals surface area contributed by atoms with E-state index in [-0.39, 0.29) is 11.6 Å². The van der Waals surface area contributed by atoms with Crippen molar-refractivity contribution in [3.63, 3.8) is 0 Å². The van der Waals surface area contributed by atoms with Gasteiger partial charge in [0, 0.05) is 48.9 Å². The van der Waals surface area contributed by atoms with Crippen LogP contribution in [0.5, 0.6) is 0 Å². The first kappa shape index (κ1) is 17.8. The van der Waals surface area contributed by atoms with Gasteiger partial charge in [0.25, 0.3) is 5.56 Å². The molecule has 8 heteroatoms. The van der Waals surface area contributed by atoms with Gasteiger partial charge in [-0.05, 0) is 18.4 Å². The van der Waals surface area contributed by atoms with E-state index in [1.807, 2.05) is 4.57 Å². The molecule has 148 valence electrons. The van der Waals surface area contributed by atoms with E-state index in [4.69, 9.17) is 15.2 Å². The second-order valence-corrected chi connectivity index (χ2v) is 8.00. The number of nitrogens with zero attached hydrogens (tertiary/aromatic N) is 4. The van der Waals surface area contributed by atoms with Crippen LogP contribution >= 0.6 is 0 Å². The molecule has 2 N–H and O–H groups in total. The zero-order valence-electron chi connectivity index (χ0n) is 15.8. The number of likely N-dealkylation sites (tertiary alicyclic amines) is 1. The Morgan fingerprint density at radius 1 is 1.04 bits per heavy atom. The largest absolute Gasteiger partial charge is 0.384 e. The summed E-state index contributed by atoms with van der Waals surface area (Å²) in [6, 6.07) is 5.77. The van der Waals surface area contributed by atoms with Crippen LogP contribution in [0.4, 0.5) is 5.82 Å². The van der Waals surface area contributed by atoms with Crippen molar-refractivity contribution in [1.29, 1.82) is 0 Å². The third-order valence-electron chi connectivity index (χ3n) is 6.08. The second kappa shape index (κ2) is 7.27. The minimum absolute atomic E-state index is 0.0361. The number of fused-ring (bicyclic) bond motifs is 4. The summed E-state index contributed by atoms with van der Waals surface area (Å²) in [5, 5.41) is 0. The average molecular weight is 383 g/mol. The molecule has 0 saturated carbocycles. The second-order valence-electron chi connectivity index (χ2n) is 8.00. The highest BCUT2D eigenvalue weighted by Crippen LogP contribution is 2.37. The number of anilines is 1. The molecule has 0 radical (unpaired) electrons. The van der Waals surface area contributed by atoms with Gasteiger partial charge in [-0.15, -0.1) is 0 Å². The number of piperidine rings is 1. The fourth-order valence-corrected chi connectivity index (χ4v) is 4.79. The van der Waals surface area contributed by atoms with Gasteiger partial charge in [-0.2, -0.15) is 0 Å². The van der Waals surface area contributed by atoms with Gasteiger partial charge in [0.05, 0.1) is 38.2 Å². The topological polar surface area (TPSA) is 95.5 Å². The number of hydrogen-bond acceptors (Lipinski definition) is 7. The highest BCUT2D eigenvalue weighted by atomic mass is 16.5. The molecule has 0 aromatic carbocycles. The predicted molar refractivity (Wildman–Crippen MR) is 104 cm³/mol. The Bertz CT molecular complexity index is 922. The summed E-state index contributed by atoms with van der Waals surface area (Å²) in [6.45, 7) is 5.44. The average Bonchev–Trinajstić information content (AvgIpc) is 2.98. The molecule has 2 bridgehead atoms. The summed E-state index contributed by atoms with van der Waals surface area (Å²) in [5.74, 6) is 1.20. The highest BCUT2D eigenvalue weighted by molar-refractivity contribution is 5.61. The lowest BCUT2D eigenvalue weighted by Gasteiger charge is -2.45. The van der Waals surface area contributed by atoms with Crippen molar-refractivity contribution < 1.29 is 9.47 Å². The Labute approximate surface area is 163 Å². The van der Waals surface area contributed by atoms with Gasteiger partial charge >= 0.3 is 0 Å². The minimum atomic E-state index is 0.0361. The summed E-state index contributed by atoms with van der Waals surface area (Å²) in [6.07, 6.45) is 2.55. The van der Waals surface area contributed by atoms with E-state index < -0.39 is 0 Å². The number of hydrogen-bond donors (Lipinski definition) is 1. The maximum absolute atomic E-state index is 12.8. The van der Waals surface area contributed by atoms with Crippen molar-refractivity contribution in [3.8, 4) is 11.3 Å². The first-order valence-corrected chi connectivity index (χ1v) is 9.89. The van der Waals surface area contributed by atoms with Crippen LogP contribution in [0.1, 0.15) is 18.0 Å². The molecule has 5 rings (SSSR count). The van der Waals surface area contributed by atoms with Crippen LogP contribution in [-0.4, -0.2) is 65.0 Å². The molecule has 3 aliphatic heterocycles. The number of rotatable bonds is 2. The molecule has 0 unspecified atom stereocenters. The lowest BCUT2D eigenvalue weighted by Crippen LogP contribution is -2.52. The quantitative estimate of drug-likeness (QED) is 0.816. The van der Waals surface area contributed by atoms with E-state index in [1.54, 1.807) is 12.1 Å². The molecule has 0 aliphatic carbocycles. The van der Waals surface area contributed by atoms with Gasteiger partial charge in [0.15, 0.2) is 0 Å². The summed E-state index contributed by atoms with van der Waals surface area (Å²) in [5.41, 5.74) is 8.43. The Balaban J connectivity index is 1.47. The summed E-state index contributed by atoms with van der Waals surface area (Å²) < 4.78 is 13.4. The summed E-state index contributed by atoms with van der Waals surface area (Å²) in [4.78, 5) is 23.6. The van der Waals surface area contributed by atoms with Crippen LogP contribution in [0, 0.1) is 5.92 Å². The molecule has 0 amide bonds. The molecule has 2 saturated heterocycles. The Hall–Kier alpha value is -2.29. The third-order valence-corrected chi connectivity index (χ3v) is 6.08. The predicted octanol–water partition coefficient (Wildman–Crippen LogP) is 0.722. The van der Waals surface area contributed by atoms with Gasteiger partial charge in [-0.3, -0.25) is 9.69 Å². The molecule has 2 aromatic rings. The van der Waals surface area contributed by atoms with Crippen LogP contribution in [0.15, 0.2) is 29.3 Å². The fourth-order valence-electron chi connectivity index (χ4n) is 4.79. The van der Waals surface area contributed by atoms with Crippen molar-refractivity contribution in [2.24, 2.45) is 5.92 Å². The molecule has 5 heterocycles. The molecule has 2 atom stereocenters. The van der Waals surface area contributed by atoms with Crippen molar-refractivity contribution in [2.45, 2.75) is 24.9 Å². The Kier molecular flexibility index (Phi) is 4.62. The number of nitrogen functional groups attached to an aromatic ring is 1. The standard InChI is InChI=1S/C20H25N5O3/c21-19-6-17(22-12-23-19)14-4-18-15-3-13(8-25(18)20(26)5-14)7-24(9-15)16-10-27-1-2-28-11-16/h4-6,12-13,15-16H,1-3,7-11H2,(H2,21,22,23)/t13-,15+/m0/s1. The third kappa shape index (κ3) is 3.32. The number of aromatic nitrogens is 3. The molecule has 0 spiro atoms. The van der Waals surface area contributed by atoms with Crippen molar-refractivity contribution in [1.82, 2.24) is 19.4 Å².